The van der Waals surface area contributed by atoms with Gasteiger partial charge in [0.2, 0.25) is 0 Å². The van der Waals surface area contributed by atoms with E-state index in [-0.39, 0.29) is 23.9 Å². The molecule has 0 saturated carbocycles. The summed E-state index contributed by atoms with van der Waals surface area (Å²) in [6.07, 6.45) is -0.687. The van der Waals surface area contributed by atoms with Gasteiger partial charge in [-0.3, -0.25) is 14.5 Å². The molecule has 1 saturated heterocycles. The van der Waals surface area contributed by atoms with Crippen molar-refractivity contribution in [1.82, 2.24) is 10.2 Å². The van der Waals surface area contributed by atoms with Crippen LogP contribution in [0.25, 0.3) is 0 Å². The monoisotopic (exact) mass is 358 g/mol. The standard InChI is InChI=1S/C19H22N2O3S/c1-13-11-21(12-14(2)24-13)18(17(22)15-7-4-3-5-8-15)20-19(23)16-9-6-10-25-16/h3-10,13-14,18H,11-12H2,1-2H3,(H,20,23)/t13-,14-,18-/m0/s1. The molecule has 1 aliphatic heterocycles. The predicted molar refractivity (Wildman–Crippen MR) is 97.9 cm³/mol. The minimum absolute atomic E-state index is 0.00784. The minimum atomic E-state index is -0.703. The highest BCUT2D eigenvalue weighted by atomic mass is 32.1. The summed E-state index contributed by atoms with van der Waals surface area (Å²) in [6, 6.07) is 12.7. The van der Waals surface area contributed by atoms with Gasteiger partial charge in [-0.05, 0) is 25.3 Å². The van der Waals surface area contributed by atoms with Crippen LogP contribution < -0.4 is 5.32 Å². The second-order valence-electron chi connectivity index (χ2n) is 6.29. The van der Waals surface area contributed by atoms with Crippen LogP contribution in [0.15, 0.2) is 47.8 Å². The van der Waals surface area contributed by atoms with E-state index in [0.717, 1.165) is 0 Å². The van der Waals surface area contributed by atoms with Crippen LogP contribution in [0.5, 0.6) is 0 Å². The zero-order chi connectivity index (χ0) is 17.8. The Balaban J connectivity index is 1.85. The van der Waals surface area contributed by atoms with Crippen molar-refractivity contribution in [3.8, 4) is 0 Å². The van der Waals surface area contributed by atoms with Gasteiger partial charge in [-0.2, -0.15) is 0 Å². The highest BCUT2D eigenvalue weighted by Crippen LogP contribution is 2.17. The van der Waals surface area contributed by atoms with Crippen molar-refractivity contribution in [1.29, 1.82) is 0 Å². The number of ether oxygens (including phenoxy) is 1. The van der Waals surface area contributed by atoms with Crippen LogP contribution in [-0.2, 0) is 4.74 Å². The Morgan fingerprint density at radius 1 is 1.12 bits per heavy atom. The van der Waals surface area contributed by atoms with Crippen molar-refractivity contribution in [2.24, 2.45) is 0 Å². The van der Waals surface area contributed by atoms with Gasteiger partial charge in [-0.25, -0.2) is 0 Å². The SMILES string of the molecule is C[C@H]1CN([C@H](NC(=O)c2cccs2)C(=O)c2ccccc2)C[C@H](C)O1. The first kappa shape index (κ1) is 17.8. The van der Waals surface area contributed by atoms with E-state index >= 15 is 0 Å². The van der Waals surface area contributed by atoms with Crippen LogP contribution in [0.2, 0.25) is 0 Å². The molecule has 2 heterocycles. The van der Waals surface area contributed by atoms with Gasteiger partial charge in [0.15, 0.2) is 5.78 Å². The summed E-state index contributed by atoms with van der Waals surface area (Å²) in [4.78, 5) is 28.2. The second-order valence-corrected chi connectivity index (χ2v) is 7.24. The zero-order valence-corrected chi connectivity index (χ0v) is 15.2. The summed E-state index contributed by atoms with van der Waals surface area (Å²) >= 11 is 1.36. The van der Waals surface area contributed by atoms with Crippen LogP contribution in [0.1, 0.15) is 33.9 Å². The van der Waals surface area contributed by atoms with E-state index in [4.69, 9.17) is 4.74 Å². The molecular weight excluding hydrogens is 336 g/mol. The number of hydrogen-bond donors (Lipinski definition) is 1. The number of ketones is 1. The molecule has 132 valence electrons. The molecule has 1 amide bonds. The number of nitrogens with zero attached hydrogens (tertiary/aromatic N) is 1. The van der Waals surface area contributed by atoms with E-state index in [1.807, 2.05) is 48.4 Å². The molecule has 3 atom stereocenters. The minimum Gasteiger partial charge on any atom is -0.373 e. The maximum absolute atomic E-state index is 13.1. The van der Waals surface area contributed by atoms with Gasteiger partial charge >= 0.3 is 0 Å². The largest absolute Gasteiger partial charge is 0.373 e. The molecule has 0 bridgehead atoms. The number of thiophene rings is 1. The third-order valence-corrected chi connectivity index (χ3v) is 5.00. The summed E-state index contributed by atoms with van der Waals surface area (Å²) in [7, 11) is 0. The Morgan fingerprint density at radius 3 is 2.40 bits per heavy atom. The normalized spacial score (nSPS) is 22.3. The molecule has 6 heteroatoms. The third kappa shape index (κ3) is 4.34. The zero-order valence-electron chi connectivity index (χ0n) is 14.3. The van der Waals surface area contributed by atoms with E-state index in [1.165, 1.54) is 11.3 Å². The first-order valence-electron chi connectivity index (χ1n) is 8.37. The van der Waals surface area contributed by atoms with E-state index in [0.29, 0.717) is 23.5 Å². The van der Waals surface area contributed by atoms with Crippen LogP contribution in [0.3, 0.4) is 0 Å². The Hall–Kier alpha value is -2.02. The summed E-state index contributed by atoms with van der Waals surface area (Å²) in [5.74, 6) is -0.331. The fourth-order valence-electron chi connectivity index (χ4n) is 3.11. The highest BCUT2D eigenvalue weighted by Gasteiger charge is 2.34. The Labute approximate surface area is 151 Å². The number of Topliss-reactive ketones (excluding diaryl/α,β-unsaturated/α-hetero) is 1. The quantitative estimate of drug-likeness (QED) is 0.835. The lowest BCUT2D eigenvalue weighted by Crippen LogP contribution is -2.59. The molecular formula is C19H22N2O3S. The lowest BCUT2D eigenvalue weighted by Gasteiger charge is -2.39. The van der Waals surface area contributed by atoms with E-state index in [1.54, 1.807) is 18.2 Å². The maximum atomic E-state index is 13.1. The Kier molecular flexibility index (Phi) is 5.63. The number of nitrogens with one attached hydrogen (secondary N) is 1. The van der Waals surface area contributed by atoms with Crippen molar-refractivity contribution in [3.63, 3.8) is 0 Å². The summed E-state index contributed by atoms with van der Waals surface area (Å²) < 4.78 is 5.77. The van der Waals surface area contributed by atoms with E-state index < -0.39 is 6.17 Å². The molecule has 0 spiro atoms. The van der Waals surface area contributed by atoms with Gasteiger partial charge < -0.3 is 10.1 Å². The van der Waals surface area contributed by atoms with E-state index in [2.05, 4.69) is 5.32 Å². The van der Waals surface area contributed by atoms with E-state index in [9.17, 15) is 9.59 Å². The first-order valence-corrected chi connectivity index (χ1v) is 9.25. The molecule has 0 radical (unpaired) electrons. The first-order chi connectivity index (χ1) is 12.0. The smallest absolute Gasteiger partial charge is 0.262 e. The number of benzene rings is 1. The van der Waals surface area contributed by atoms with Crippen molar-refractivity contribution < 1.29 is 14.3 Å². The Bertz CT molecular complexity index is 708. The molecule has 2 aromatic rings. The summed E-state index contributed by atoms with van der Waals surface area (Å²) in [5, 5.41) is 4.77. The molecule has 1 fully saturated rings. The average Bonchev–Trinajstić information content (AvgIpc) is 3.13. The molecule has 25 heavy (non-hydrogen) atoms. The lowest BCUT2D eigenvalue weighted by molar-refractivity contribution is -0.0785. The molecule has 1 aromatic heterocycles. The molecule has 5 nitrogen and oxygen atoms in total. The van der Waals surface area contributed by atoms with Gasteiger partial charge in [0.05, 0.1) is 17.1 Å². The van der Waals surface area contributed by atoms with Crippen LogP contribution in [0.4, 0.5) is 0 Å². The van der Waals surface area contributed by atoms with Crippen LogP contribution >= 0.6 is 11.3 Å². The molecule has 1 aliphatic rings. The molecule has 0 aliphatic carbocycles. The van der Waals surface area contributed by atoms with Crippen LogP contribution in [0, 0.1) is 0 Å². The van der Waals surface area contributed by atoms with Crippen molar-refractivity contribution in [3.05, 3.63) is 58.3 Å². The number of amides is 1. The van der Waals surface area contributed by atoms with Crippen LogP contribution in [-0.4, -0.2) is 48.1 Å². The maximum Gasteiger partial charge on any atom is 0.262 e. The van der Waals surface area contributed by atoms with Gasteiger partial charge in [0, 0.05) is 18.7 Å². The molecule has 1 aromatic carbocycles. The average molecular weight is 358 g/mol. The second kappa shape index (κ2) is 7.91. The fourth-order valence-corrected chi connectivity index (χ4v) is 3.74. The molecule has 3 rings (SSSR count). The van der Waals surface area contributed by atoms with Crippen molar-refractivity contribution in [2.45, 2.75) is 32.2 Å². The molecule has 1 N–H and O–H groups in total. The highest BCUT2D eigenvalue weighted by molar-refractivity contribution is 7.12. The Morgan fingerprint density at radius 2 is 1.80 bits per heavy atom. The lowest BCUT2D eigenvalue weighted by atomic mass is 10.1. The summed E-state index contributed by atoms with van der Waals surface area (Å²) in [6.45, 7) is 5.15. The van der Waals surface area contributed by atoms with Gasteiger partial charge in [-0.15, -0.1) is 11.3 Å². The number of hydrogen-bond acceptors (Lipinski definition) is 5. The topological polar surface area (TPSA) is 58.6 Å². The van der Waals surface area contributed by atoms with Gasteiger partial charge in [0.1, 0.15) is 6.17 Å². The number of carbonyl (C=O) groups excluding carboxylic acids is 2. The summed E-state index contributed by atoms with van der Waals surface area (Å²) in [5.41, 5.74) is 0.589. The van der Waals surface area contributed by atoms with Gasteiger partial charge in [-0.1, -0.05) is 36.4 Å². The van der Waals surface area contributed by atoms with Gasteiger partial charge in [0.25, 0.3) is 5.91 Å². The van der Waals surface area contributed by atoms with Crippen molar-refractivity contribution in [2.75, 3.05) is 13.1 Å². The number of morpholine rings is 1. The number of carbonyl (C=O) groups is 2. The molecule has 0 unspecified atom stereocenters. The van der Waals surface area contributed by atoms with Crippen molar-refractivity contribution >= 4 is 23.0 Å². The third-order valence-electron chi connectivity index (χ3n) is 4.13. The number of rotatable bonds is 5. The fraction of sp³-hybridized carbons (Fsp3) is 0.368. The predicted octanol–water partition coefficient (Wildman–Crippen LogP) is 2.80.